The van der Waals surface area contributed by atoms with Crippen LogP contribution in [-0.2, 0) is 17.6 Å². The summed E-state index contributed by atoms with van der Waals surface area (Å²) in [7, 11) is 0. The van der Waals surface area contributed by atoms with Crippen LogP contribution in [0.15, 0.2) is 42.5 Å². The van der Waals surface area contributed by atoms with E-state index < -0.39 is 12.0 Å². The molecule has 0 spiro atoms. The molecule has 0 radical (unpaired) electrons. The van der Waals surface area contributed by atoms with Gasteiger partial charge in [0.25, 0.3) is 5.91 Å². The van der Waals surface area contributed by atoms with Gasteiger partial charge in [0.1, 0.15) is 5.75 Å². The number of aliphatic hydroxyl groups excluding tert-OH is 1. The number of halogens is 1. The Bertz CT molecular complexity index is 732. The molecule has 5 heteroatoms. The van der Waals surface area contributed by atoms with E-state index in [1.165, 1.54) is 5.56 Å². The number of carbonyl (C=O) groups excluding carboxylic acids is 1. The summed E-state index contributed by atoms with van der Waals surface area (Å²) < 4.78 is 0. The highest BCUT2D eigenvalue weighted by Gasteiger charge is 2.24. The molecule has 1 aliphatic rings. The van der Waals surface area contributed by atoms with Crippen LogP contribution in [0.4, 0.5) is 0 Å². The SMILES string of the molecule is O=C(NCC1Cc2ccc(O)cc2C1)C(O)c1cccc(Cl)c1. The lowest BCUT2D eigenvalue weighted by Crippen LogP contribution is -2.33. The summed E-state index contributed by atoms with van der Waals surface area (Å²) >= 11 is 5.88. The number of benzene rings is 2. The fraction of sp³-hybridized carbons (Fsp3) is 0.278. The number of phenols is 1. The third kappa shape index (κ3) is 3.66. The quantitative estimate of drug-likeness (QED) is 0.806. The largest absolute Gasteiger partial charge is 0.508 e. The molecule has 1 amide bonds. The molecule has 0 aromatic heterocycles. The molecular formula is C18H18ClNO3. The second-order valence-electron chi connectivity index (χ2n) is 5.93. The molecule has 0 fully saturated rings. The number of fused-ring (bicyclic) bond motifs is 1. The van der Waals surface area contributed by atoms with Gasteiger partial charge < -0.3 is 15.5 Å². The summed E-state index contributed by atoms with van der Waals surface area (Å²) in [5, 5.41) is 22.9. The molecule has 0 saturated heterocycles. The van der Waals surface area contributed by atoms with Crippen LogP contribution in [-0.4, -0.2) is 22.7 Å². The molecule has 2 aromatic rings. The number of rotatable bonds is 4. The van der Waals surface area contributed by atoms with E-state index in [1.807, 2.05) is 6.07 Å². The van der Waals surface area contributed by atoms with Crippen LogP contribution in [0.1, 0.15) is 22.8 Å². The maximum Gasteiger partial charge on any atom is 0.253 e. The Hall–Kier alpha value is -2.04. The second-order valence-corrected chi connectivity index (χ2v) is 6.37. The van der Waals surface area contributed by atoms with Crippen molar-refractivity contribution in [3.05, 3.63) is 64.2 Å². The van der Waals surface area contributed by atoms with Crippen LogP contribution in [0.3, 0.4) is 0 Å². The zero-order valence-electron chi connectivity index (χ0n) is 12.5. The van der Waals surface area contributed by atoms with Gasteiger partial charge in [-0.1, -0.05) is 29.8 Å². The van der Waals surface area contributed by atoms with Gasteiger partial charge in [-0.25, -0.2) is 0 Å². The predicted octanol–water partition coefficient (Wildman–Crippen LogP) is 2.61. The van der Waals surface area contributed by atoms with Crippen molar-refractivity contribution in [2.45, 2.75) is 18.9 Å². The number of aliphatic hydroxyl groups is 1. The number of aromatic hydroxyl groups is 1. The van der Waals surface area contributed by atoms with Crippen LogP contribution in [0.25, 0.3) is 0 Å². The predicted molar refractivity (Wildman–Crippen MR) is 88.4 cm³/mol. The third-order valence-electron chi connectivity index (χ3n) is 4.18. The van der Waals surface area contributed by atoms with Gasteiger partial charge in [0.05, 0.1) is 0 Å². The Morgan fingerprint density at radius 2 is 2.00 bits per heavy atom. The summed E-state index contributed by atoms with van der Waals surface area (Å²) in [5.41, 5.74) is 2.81. The first kappa shape index (κ1) is 15.8. The molecule has 23 heavy (non-hydrogen) atoms. The average molecular weight is 332 g/mol. The molecule has 0 heterocycles. The lowest BCUT2D eigenvalue weighted by atomic mass is 10.1. The van der Waals surface area contributed by atoms with Gasteiger partial charge in [-0.05, 0) is 59.7 Å². The summed E-state index contributed by atoms with van der Waals surface area (Å²) in [5.74, 6) is 0.123. The Morgan fingerprint density at radius 3 is 2.78 bits per heavy atom. The van der Waals surface area contributed by atoms with Crippen molar-refractivity contribution in [2.75, 3.05) is 6.54 Å². The zero-order chi connectivity index (χ0) is 16.4. The molecule has 2 aromatic carbocycles. The molecule has 4 nitrogen and oxygen atoms in total. The van der Waals surface area contributed by atoms with Gasteiger partial charge >= 0.3 is 0 Å². The summed E-state index contributed by atoms with van der Waals surface area (Å²) in [6.45, 7) is 0.492. The van der Waals surface area contributed by atoms with Crippen molar-refractivity contribution in [3.8, 4) is 5.75 Å². The van der Waals surface area contributed by atoms with E-state index in [0.29, 0.717) is 17.1 Å². The Kier molecular flexibility index (Phi) is 4.55. The topological polar surface area (TPSA) is 69.6 Å². The van der Waals surface area contributed by atoms with E-state index in [1.54, 1.807) is 36.4 Å². The van der Waals surface area contributed by atoms with Gasteiger partial charge in [-0.3, -0.25) is 4.79 Å². The van der Waals surface area contributed by atoms with Crippen molar-refractivity contribution in [3.63, 3.8) is 0 Å². The van der Waals surface area contributed by atoms with Crippen LogP contribution < -0.4 is 5.32 Å². The summed E-state index contributed by atoms with van der Waals surface area (Å²) in [6.07, 6.45) is 0.460. The minimum atomic E-state index is -1.22. The normalized spacial score (nSPS) is 17.6. The monoisotopic (exact) mass is 331 g/mol. The van der Waals surface area contributed by atoms with Crippen molar-refractivity contribution in [1.29, 1.82) is 0 Å². The van der Waals surface area contributed by atoms with Crippen LogP contribution in [0.5, 0.6) is 5.75 Å². The van der Waals surface area contributed by atoms with E-state index >= 15 is 0 Å². The summed E-state index contributed by atoms with van der Waals surface area (Å²) in [6, 6.07) is 12.0. The van der Waals surface area contributed by atoms with Gasteiger partial charge in [-0.2, -0.15) is 0 Å². The lowest BCUT2D eigenvalue weighted by molar-refractivity contribution is -0.129. The molecule has 120 valence electrons. The van der Waals surface area contributed by atoms with Gasteiger partial charge in [0.2, 0.25) is 0 Å². The Labute approximate surface area is 139 Å². The fourth-order valence-corrected chi connectivity index (χ4v) is 3.21. The molecule has 3 N–H and O–H groups in total. The van der Waals surface area contributed by atoms with Crippen molar-refractivity contribution >= 4 is 17.5 Å². The molecule has 3 rings (SSSR count). The minimum Gasteiger partial charge on any atom is -0.508 e. The molecular weight excluding hydrogens is 314 g/mol. The number of nitrogens with one attached hydrogen (secondary N) is 1. The van der Waals surface area contributed by atoms with E-state index in [9.17, 15) is 15.0 Å². The van der Waals surface area contributed by atoms with E-state index in [2.05, 4.69) is 5.32 Å². The van der Waals surface area contributed by atoms with E-state index in [-0.39, 0.29) is 11.7 Å². The molecule has 0 aliphatic heterocycles. The standard InChI is InChI=1S/C18H18ClNO3/c19-15-3-1-2-13(8-15)17(22)18(23)20-10-11-6-12-4-5-16(21)9-14(12)7-11/h1-5,8-9,11,17,21-22H,6-7,10H2,(H,20,23). The molecule has 2 atom stereocenters. The molecule has 1 aliphatic carbocycles. The maximum absolute atomic E-state index is 12.1. The van der Waals surface area contributed by atoms with E-state index in [0.717, 1.165) is 18.4 Å². The number of amides is 1. The molecule has 2 unspecified atom stereocenters. The average Bonchev–Trinajstić information content (AvgIpc) is 2.93. The van der Waals surface area contributed by atoms with Gasteiger partial charge in [0, 0.05) is 11.6 Å². The smallest absolute Gasteiger partial charge is 0.253 e. The lowest BCUT2D eigenvalue weighted by Gasteiger charge is -2.14. The van der Waals surface area contributed by atoms with Crippen molar-refractivity contribution < 1.29 is 15.0 Å². The second kappa shape index (κ2) is 6.60. The number of phenolic OH excluding ortho intramolecular Hbond substituents is 1. The Morgan fingerprint density at radius 1 is 1.22 bits per heavy atom. The van der Waals surface area contributed by atoms with Crippen LogP contribution in [0.2, 0.25) is 5.02 Å². The van der Waals surface area contributed by atoms with Crippen LogP contribution in [0, 0.1) is 5.92 Å². The Balaban J connectivity index is 1.56. The third-order valence-corrected chi connectivity index (χ3v) is 4.42. The molecule has 0 saturated carbocycles. The number of hydrogen-bond donors (Lipinski definition) is 3. The van der Waals surface area contributed by atoms with Crippen LogP contribution >= 0.6 is 11.6 Å². The minimum absolute atomic E-state index is 0.268. The van der Waals surface area contributed by atoms with Crippen molar-refractivity contribution in [2.24, 2.45) is 5.92 Å². The highest BCUT2D eigenvalue weighted by atomic mass is 35.5. The van der Waals surface area contributed by atoms with Gasteiger partial charge in [-0.15, -0.1) is 0 Å². The first-order valence-corrected chi connectivity index (χ1v) is 7.93. The summed E-state index contributed by atoms with van der Waals surface area (Å²) in [4.78, 5) is 12.1. The highest BCUT2D eigenvalue weighted by Crippen LogP contribution is 2.29. The molecule has 0 bridgehead atoms. The van der Waals surface area contributed by atoms with Gasteiger partial charge in [0.15, 0.2) is 6.10 Å². The zero-order valence-corrected chi connectivity index (χ0v) is 13.3. The number of carbonyl (C=O) groups is 1. The first-order chi connectivity index (χ1) is 11.0. The fourth-order valence-electron chi connectivity index (χ4n) is 3.01. The first-order valence-electron chi connectivity index (χ1n) is 7.55. The number of hydrogen-bond acceptors (Lipinski definition) is 3. The van der Waals surface area contributed by atoms with E-state index in [4.69, 9.17) is 11.6 Å². The highest BCUT2D eigenvalue weighted by molar-refractivity contribution is 6.30. The van der Waals surface area contributed by atoms with Crippen molar-refractivity contribution in [1.82, 2.24) is 5.32 Å². The maximum atomic E-state index is 12.1.